The van der Waals surface area contributed by atoms with E-state index in [4.69, 9.17) is 13.9 Å². The zero-order valence-electron chi connectivity index (χ0n) is 19.1. The first kappa shape index (κ1) is 22.2. The van der Waals surface area contributed by atoms with Crippen molar-refractivity contribution < 1.29 is 23.1 Å². The van der Waals surface area contributed by atoms with Crippen LogP contribution < -0.4 is 14.5 Å². The van der Waals surface area contributed by atoms with Crippen LogP contribution in [0.3, 0.4) is 0 Å². The van der Waals surface area contributed by atoms with Crippen LogP contribution in [0.15, 0.2) is 100 Å². The van der Waals surface area contributed by atoms with Crippen molar-refractivity contribution in [2.75, 3.05) is 19.2 Å². The molecule has 0 N–H and O–H groups in total. The lowest BCUT2D eigenvalue weighted by atomic mass is 10.0. The number of benzene rings is 3. The third-order valence-corrected chi connectivity index (χ3v) is 5.59. The zero-order chi connectivity index (χ0) is 24.4. The second kappa shape index (κ2) is 9.30. The van der Waals surface area contributed by atoms with E-state index >= 15 is 0 Å². The third-order valence-electron chi connectivity index (χ3n) is 5.59. The fourth-order valence-corrected chi connectivity index (χ4v) is 3.86. The second-order valence-electron chi connectivity index (χ2n) is 7.71. The highest BCUT2D eigenvalue weighted by Crippen LogP contribution is 2.33. The van der Waals surface area contributed by atoms with Crippen molar-refractivity contribution in [3.63, 3.8) is 0 Å². The molecule has 4 aromatic rings. The molecule has 0 bridgehead atoms. The highest BCUT2D eigenvalue weighted by molar-refractivity contribution is 6.37. The van der Waals surface area contributed by atoms with Gasteiger partial charge in [0.05, 0.1) is 31.0 Å². The van der Waals surface area contributed by atoms with Gasteiger partial charge in [-0.1, -0.05) is 30.3 Å². The molecule has 0 aliphatic carbocycles. The maximum absolute atomic E-state index is 14.2. The van der Waals surface area contributed by atoms with Crippen molar-refractivity contribution in [2.24, 2.45) is 5.10 Å². The number of ether oxygens (including phenoxy) is 2. The Labute approximate surface area is 201 Å². The monoisotopic (exact) mass is 468 g/mol. The summed E-state index contributed by atoms with van der Waals surface area (Å²) in [4.78, 5) is 13.5. The summed E-state index contributed by atoms with van der Waals surface area (Å²) in [6.07, 6.45) is 1.62. The summed E-state index contributed by atoms with van der Waals surface area (Å²) in [5.41, 5.74) is 2.42. The molecule has 0 unspecified atom stereocenters. The summed E-state index contributed by atoms with van der Waals surface area (Å²) in [6, 6.07) is 24.2. The van der Waals surface area contributed by atoms with Crippen LogP contribution in [0.4, 0.5) is 10.1 Å². The molecule has 1 aromatic heterocycles. The number of furan rings is 1. The van der Waals surface area contributed by atoms with Gasteiger partial charge in [0.15, 0.2) is 11.5 Å². The van der Waals surface area contributed by atoms with Crippen molar-refractivity contribution in [2.45, 2.75) is 0 Å². The Kier molecular flexibility index (Phi) is 5.89. The first-order chi connectivity index (χ1) is 17.1. The van der Waals surface area contributed by atoms with Gasteiger partial charge in [0, 0.05) is 5.56 Å². The number of hydrogen-bond donors (Lipinski definition) is 0. The standard InChI is InChI=1S/C28H21FN2O4/c1-33-25-14-12-18(16-26(25)34-2)27-22(28(32)31(30-27)19-8-4-3-5-9-19)17-20-13-15-24(35-20)21-10-6-7-11-23(21)29/h3-17H,1-2H3/b22-17-. The van der Waals surface area contributed by atoms with Crippen molar-refractivity contribution in [3.8, 4) is 22.8 Å². The highest BCUT2D eigenvalue weighted by Gasteiger charge is 2.33. The molecule has 3 aromatic carbocycles. The molecule has 0 spiro atoms. The van der Waals surface area contributed by atoms with E-state index in [0.29, 0.717) is 51.1 Å². The van der Waals surface area contributed by atoms with E-state index < -0.39 is 0 Å². The SMILES string of the molecule is COc1ccc(C2=NN(c3ccccc3)C(=O)/C2=C\c2ccc(-c3ccccc3F)o2)cc1OC. The number of carbonyl (C=O) groups is 1. The van der Waals surface area contributed by atoms with Crippen LogP contribution in [0.25, 0.3) is 17.4 Å². The van der Waals surface area contributed by atoms with E-state index in [1.165, 1.54) is 11.1 Å². The van der Waals surface area contributed by atoms with Gasteiger partial charge in [0.1, 0.15) is 23.0 Å². The van der Waals surface area contributed by atoms with Gasteiger partial charge in [-0.2, -0.15) is 10.1 Å². The van der Waals surface area contributed by atoms with E-state index in [9.17, 15) is 9.18 Å². The van der Waals surface area contributed by atoms with Crippen LogP contribution in [0.1, 0.15) is 11.3 Å². The highest BCUT2D eigenvalue weighted by atomic mass is 19.1. The van der Waals surface area contributed by atoms with Gasteiger partial charge >= 0.3 is 0 Å². The first-order valence-corrected chi connectivity index (χ1v) is 10.9. The molecule has 0 fully saturated rings. The number of hydrogen-bond acceptors (Lipinski definition) is 5. The van der Waals surface area contributed by atoms with Crippen molar-refractivity contribution in [1.29, 1.82) is 0 Å². The summed E-state index contributed by atoms with van der Waals surface area (Å²) in [7, 11) is 3.10. The molecule has 1 aliphatic rings. The number of anilines is 1. The minimum atomic E-state index is -0.388. The smallest absolute Gasteiger partial charge is 0.281 e. The summed E-state index contributed by atoms with van der Waals surface area (Å²) >= 11 is 0. The van der Waals surface area contributed by atoms with E-state index in [-0.39, 0.29) is 11.7 Å². The predicted octanol–water partition coefficient (Wildman–Crippen LogP) is 5.94. The summed E-state index contributed by atoms with van der Waals surface area (Å²) < 4.78 is 30.9. The van der Waals surface area contributed by atoms with Crippen LogP contribution >= 0.6 is 0 Å². The van der Waals surface area contributed by atoms with Crippen molar-refractivity contribution >= 4 is 23.4 Å². The molecule has 0 atom stereocenters. The molecule has 1 amide bonds. The van der Waals surface area contributed by atoms with Gasteiger partial charge in [-0.15, -0.1) is 0 Å². The van der Waals surface area contributed by atoms with Crippen LogP contribution in [-0.2, 0) is 4.79 Å². The minimum Gasteiger partial charge on any atom is -0.493 e. The van der Waals surface area contributed by atoms with Gasteiger partial charge < -0.3 is 13.9 Å². The van der Waals surface area contributed by atoms with Gasteiger partial charge in [-0.25, -0.2) is 4.39 Å². The Bertz CT molecular complexity index is 1460. The molecule has 1 aliphatic heterocycles. The Hall–Kier alpha value is -4.65. The minimum absolute atomic E-state index is 0.315. The van der Waals surface area contributed by atoms with Gasteiger partial charge in [0.25, 0.3) is 5.91 Å². The van der Waals surface area contributed by atoms with E-state index in [1.54, 1.807) is 74.9 Å². The lowest BCUT2D eigenvalue weighted by Gasteiger charge is -2.10. The van der Waals surface area contributed by atoms with Gasteiger partial charge in [-0.05, 0) is 60.7 Å². The Morgan fingerprint density at radius 2 is 1.63 bits per heavy atom. The number of amides is 1. The Morgan fingerprint density at radius 3 is 2.37 bits per heavy atom. The summed E-state index contributed by atoms with van der Waals surface area (Å²) in [5, 5.41) is 5.98. The lowest BCUT2D eigenvalue weighted by molar-refractivity contribution is -0.114. The maximum Gasteiger partial charge on any atom is 0.281 e. The number of nitrogens with zero attached hydrogens (tertiary/aromatic N) is 2. The summed E-state index contributed by atoms with van der Waals surface area (Å²) in [5.74, 6) is 1.13. The van der Waals surface area contributed by atoms with Crippen molar-refractivity contribution in [1.82, 2.24) is 0 Å². The topological polar surface area (TPSA) is 64.3 Å². The van der Waals surface area contributed by atoms with Crippen LogP contribution in [0, 0.1) is 5.82 Å². The molecule has 7 heteroatoms. The average molecular weight is 468 g/mol. The number of para-hydroxylation sites is 1. The zero-order valence-corrected chi connectivity index (χ0v) is 19.1. The van der Waals surface area contributed by atoms with E-state index in [2.05, 4.69) is 5.10 Å². The fraction of sp³-hybridized carbons (Fsp3) is 0.0714. The van der Waals surface area contributed by atoms with Crippen LogP contribution in [-0.4, -0.2) is 25.8 Å². The number of hydrazone groups is 1. The first-order valence-electron chi connectivity index (χ1n) is 10.9. The molecule has 6 nitrogen and oxygen atoms in total. The summed E-state index contributed by atoms with van der Waals surface area (Å²) in [6.45, 7) is 0. The number of carbonyl (C=O) groups excluding carboxylic acids is 1. The molecular weight excluding hydrogens is 447 g/mol. The second-order valence-corrected chi connectivity index (χ2v) is 7.71. The average Bonchev–Trinajstić information content (AvgIpc) is 3.49. The Morgan fingerprint density at radius 1 is 0.886 bits per heavy atom. The lowest BCUT2D eigenvalue weighted by Crippen LogP contribution is -2.21. The molecule has 2 heterocycles. The molecule has 174 valence electrons. The van der Waals surface area contributed by atoms with Crippen LogP contribution in [0.2, 0.25) is 0 Å². The quantitative estimate of drug-likeness (QED) is 0.329. The predicted molar refractivity (Wildman–Crippen MR) is 132 cm³/mol. The number of halogens is 1. The van der Waals surface area contributed by atoms with Gasteiger partial charge in [0.2, 0.25) is 0 Å². The largest absolute Gasteiger partial charge is 0.493 e. The molecule has 0 saturated heterocycles. The molecule has 5 rings (SSSR count). The van der Waals surface area contributed by atoms with Crippen molar-refractivity contribution in [3.05, 3.63) is 108 Å². The van der Waals surface area contributed by atoms with Gasteiger partial charge in [-0.3, -0.25) is 4.79 Å². The number of methoxy groups -OCH3 is 2. The Balaban J connectivity index is 1.60. The van der Waals surface area contributed by atoms with E-state index in [0.717, 1.165) is 0 Å². The molecule has 35 heavy (non-hydrogen) atoms. The normalized spacial score (nSPS) is 14.4. The van der Waals surface area contributed by atoms with Crippen LogP contribution in [0.5, 0.6) is 11.5 Å². The fourth-order valence-electron chi connectivity index (χ4n) is 3.86. The van der Waals surface area contributed by atoms with E-state index in [1.807, 2.05) is 24.3 Å². The molecular formula is C28H21FN2O4. The molecule has 0 saturated carbocycles. The maximum atomic E-state index is 14.2. The molecule has 0 radical (unpaired) electrons. The third kappa shape index (κ3) is 4.19. The number of rotatable bonds is 6.